The summed E-state index contributed by atoms with van der Waals surface area (Å²) in [4.78, 5) is 14.7. The van der Waals surface area contributed by atoms with Crippen LogP contribution in [0.2, 0.25) is 0 Å². The Balaban J connectivity index is 1.69. The van der Waals surface area contributed by atoms with Crippen molar-refractivity contribution in [1.29, 1.82) is 0 Å². The lowest BCUT2D eigenvalue weighted by Crippen LogP contribution is -2.38. The van der Waals surface area contributed by atoms with Crippen LogP contribution in [0.15, 0.2) is 24.3 Å². The Bertz CT molecular complexity index is 453. The average Bonchev–Trinajstić information content (AvgIpc) is 2.54. The number of carbonyl (C=O) groups excluding carboxylic acids is 1. The van der Waals surface area contributed by atoms with E-state index < -0.39 is 0 Å². The van der Waals surface area contributed by atoms with Gasteiger partial charge in [-0.25, -0.2) is 4.39 Å². The first kappa shape index (κ1) is 16.9. The van der Waals surface area contributed by atoms with Crippen molar-refractivity contribution in [3.05, 3.63) is 30.1 Å². The minimum Gasteiger partial charge on any atom is -0.326 e. The van der Waals surface area contributed by atoms with Gasteiger partial charge in [0.2, 0.25) is 5.91 Å². The van der Waals surface area contributed by atoms with E-state index in [1.165, 1.54) is 37.8 Å². The number of anilines is 1. The summed E-state index contributed by atoms with van der Waals surface area (Å²) in [6, 6.07) is 5.95. The number of unbranched alkanes of at least 4 members (excludes halogenated alkanes) is 3. The highest BCUT2D eigenvalue weighted by Gasteiger charge is 2.24. The molecule has 4 heteroatoms. The molecule has 0 aliphatic carbocycles. The highest BCUT2D eigenvalue weighted by Crippen LogP contribution is 2.20. The van der Waals surface area contributed by atoms with Crippen molar-refractivity contribution in [1.82, 2.24) is 4.90 Å². The van der Waals surface area contributed by atoms with E-state index in [2.05, 4.69) is 17.1 Å². The van der Waals surface area contributed by atoms with Crippen LogP contribution in [0.1, 0.15) is 45.4 Å². The van der Waals surface area contributed by atoms with E-state index in [1.807, 2.05) is 0 Å². The van der Waals surface area contributed by atoms with Crippen molar-refractivity contribution in [2.45, 2.75) is 45.4 Å². The summed E-state index contributed by atoms with van der Waals surface area (Å²) in [5, 5.41) is 2.89. The molecular weight excluding hydrogens is 279 g/mol. The van der Waals surface area contributed by atoms with Crippen LogP contribution in [0, 0.1) is 11.7 Å². The fourth-order valence-corrected chi connectivity index (χ4v) is 2.96. The molecule has 1 aliphatic heterocycles. The Morgan fingerprint density at radius 1 is 1.18 bits per heavy atom. The largest absolute Gasteiger partial charge is 0.326 e. The Hall–Kier alpha value is -1.42. The molecule has 3 nitrogen and oxygen atoms in total. The molecule has 1 aliphatic rings. The number of rotatable bonds is 7. The molecule has 22 heavy (non-hydrogen) atoms. The highest BCUT2D eigenvalue weighted by atomic mass is 19.1. The van der Waals surface area contributed by atoms with Gasteiger partial charge in [0.25, 0.3) is 0 Å². The number of likely N-dealkylation sites (tertiary alicyclic amines) is 1. The van der Waals surface area contributed by atoms with Crippen LogP contribution in [0.5, 0.6) is 0 Å². The molecule has 1 aromatic carbocycles. The van der Waals surface area contributed by atoms with Crippen molar-refractivity contribution >= 4 is 11.6 Å². The smallest absolute Gasteiger partial charge is 0.227 e. The van der Waals surface area contributed by atoms with E-state index in [1.54, 1.807) is 12.1 Å². The summed E-state index contributed by atoms with van der Waals surface area (Å²) in [6.07, 6.45) is 6.99. The number of piperidine rings is 1. The van der Waals surface area contributed by atoms with Crippen LogP contribution in [-0.2, 0) is 4.79 Å². The Kier molecular flexibility index (Phi) is 6.84. The summed E-state index contributed by atoms with van der Waals surface area (Å²) in [6.45, 7) is 5.40. The quantitative estimate of drug-likeness (QED) is 0.771. The minimum absolute atomic E-state index is 0.0669. The third kappa shape index (κ3) is 5.41. The molecule has 0 atom stereocenters. The molecule has 1 aromatic rings. The molecule has 1 N–H and O–H groups in total. The van der Waals surface area contributed by atoms with Crippen LogP contribution in [0.25, 0.3) is 0 Å². The zero-order chi connectivity index (χ0) is 15.8. The van der Waals surface area contributed by atoms with Crippen LogP contribution < -0.4 is 5.32 Å². The third-order valence-corrected chi connectivity index (χ3v) is 4.40. The Morgan fingerprint density at radius 2 is 1.86 bits per heavy atom. The summed E-state index contributed by atoms with van der Waals surface area (Å²) >= 11 is 0. The highest BCUT2D eigenvalue weighted by molar-refractivity contribution is 5.92. The first-order valence-corrected chi connectivity index (χ1v) is 8.48. The van der Waals surface area contributed by atoms with Gasteiger partial charge in [0.05, 0.1) is 0 Å². The molecule has 0 aromatic heterocycles. The lowest BCUT2D eigenvalue weighted by Gasteiger charge is -2.31. The maximum absolute atomic E-state index is 12.9. The van der Waals surface area contributed by atoms with Crippen LogP contribution in [0.4, 0.5) is 10.1 Å². The van der Waals surface area contributed by atoms with Gasteiger partial charge in [-0.1, -0.05) is 26.2 Å². The number of nitrogens with zero attached hydrogens (tertiary/aromatic N) is 1. The van der Waals surface area contributed by atoms with Crippen molar-refractivity contribution in [2.24, 2.45) is 5.92 Å². The van der Waals surface area contributed by atoms with Gasteiger partial charge in [-0.3, -0.25) is 4.79 Å². The molecule has 0 unspecified atom stereocenters. The molecule has 0 spiro atoms. The second kappa shape index (κ2) is 8.89. The first-order valence-electron chi connectivity index (χ1n) is 8.48. The molecule has 122 valence electrons. The van der Waals surface area contributed by atoms with Crippen molar-refractivity contribution in [2.75, 3.05) is 25.0 Å². The number of benzene rings is 1. The molecule has 0 bridgehead atoms. The van der Waals surface area contributed by atoms with Crippen LogP contribution >= 0.6 is 0 Å². The molecule has 1 heterocycles. The number of hydrogen-bond donors (Lipinski definition) is 1. The third-order valence-electron chi connectivity index (χ3n) is 4.40. The second-order valence-corrected chi connectivity index (χ2v) is 6.17. The second-order valence-electron chi connectivity index (χ2n) is 6.17. The van der Waals surface area contributed by atoms with Crippen molar-refractivity contribution < 1.29 is 9.18 Å². The zero-order valence-corrected chi connectivity index (χ0v) is 13.5. The molecule has 1 saturated heterocycles. The van der Waals surface area contributed by atoms with E-state index in [0.29, 0.717) is 5.69 Å². The molecule has 2 rings (SSSR count). The first-order chi connectivity index (χ1) is 10.7. The van der Waals surface area contributed by atoms with E-state index in [-0.39, 0.29) is 17.6 Å². The number of amides is 1. The molecule has 0 saturated carbocycles. The molecule has 0 radical (unpaired) electrons. The maximum atomic E-state index is 12.9. The standard InChI is InChI=1S/C18H27FN2O/c1-2-3-4-5-12-21-13-10-15(11-14-21)18(22)20-17-8-6-16(19)7-9-17/h6-9,15H,2-5,10-14H2,1H3,(H,20,22). The number of hydrogen-bond acceptors (Lipinski definition) is 2. The lowest BCUT2D eigenvalue weighted by atomic mass is 9.95. The fourth-order valence-electron chi connectivity index (χ4n) is 2.96. The molecule has 1 fully saturated rings. The molecular formula is C18H27FN2O. The maximum Gasteiger partial charge on any atom is 0.227 e. The van der Waals surface area contributed by atoms with Gasteiger partial charge in [0.1, 0.15) is 5.82 Å². The lowest BCUT2D eigenvalue weighted by molar-refractivity contribution is -0.121. The summed E-state index contributed by atoms with van der Waals surface area (Å²) < 4.78 is 12.9. The van der Waals surface area contributed by atoms with Gasteiger partial charge in [0.15, 0.2) is 0 Å². The Labute approximate surface area is 132 Å². The van der Waals surface area contributed by atoms with E-state index in [4.69, 9.17) is 0 Å². The predicted octanol–water partition coefficient (Wildman–Crippen LogP) is 4.06. The molecule has 1 amide bonds. The van der Waals surface area contributed by atoms with E-state index in [0.717, 1.165) is 32.5 Å². The minimum atomic E-state index is -0.283. The van der Waals surface area contributed by atoms with Gasteiger partial charge in [-0.2, -0.15) is 0 Å². The van der Waals surface area contributed by atoms with Crippen molar-refractivity contribution in [3.8, 4) is 0 Å². The topological polar surface area (TPSA) is 32.3 Å². The van der Waals surface area contributed by atoms with Gasteiger partial charge in [-0.15, -0.1) is 0 Å². The normalized spacial score (nSPS) is 16.6. The van der Waals surface area contributed by atoms with E-state index in [9.17, 15) is 9.18 Å². The van der Waals surface area contributed by atoms with Gasteiger partial charge >= 0.3 is 0 Å². The van der Waals surface area contributed by atoms with Crippen LogP contribution in [0.3, 0.4) is 0 Å². The average molecular weight is 306 g/mol. The number of carbonyl (C=O) groups is 1. The van der Waals surface area contributed by atoms with Gasteiger partial charge in [-0.05, 0) is 63.2 Å². The summed E-state index contributed by atoms with van der Waals surface area (Å²) in [5.41, 5.74) is 0.674. The zero-order valence-electron chi connectivity index (χ0n) is 13.5. The fraction of sp³-hybridized carbons (Fsp3) is 0.611. The predicted molar refractivity (Wildman–Crippen MR) is 88.3 cm³/mol. The number of halogens is 1. The van der Waals surface area contributed by atoms with E-state index >= 15 is 0 Å². The summed E-state index contributed by atoms with van der Waals surface area (Å²) in [5.74, 6) is -0.136. The monoisotopic (exact) mass is 306 g/mol. The summed E-state index contributed by atoms with van der Waals surface area (Å²) in [7, 11) is 0. The van der Waals surface area contributed by atoms with Crippen molar-refractivity contribution in [3.63, 3.8) is 0 Å². The van der Waals surface area contributed by atoms with Gasteiger partial charge in [0, 0.05) is 11.6 Å². The Morgan fingerprint density at radius 3 is 2.50 bits per heavy atom. The SMILES string of the molecule is CCCCCCN1CCC(C(=O)Nc2ccc(F)cc2)CC1. The van der Waals surface area contributed by atoms with Gasteiger partial charge < -0.3 is 10.2 Å². The number of nitrogens with one attached hydrogen (secondary N) is 1. The van der Waals surface area contributed by atoms with Crippen LogP contribution in [-0.4, -0.2) is 30.4 Å².